The van der Waals surface area contributed by atoms with Crippen LogP contribution in [0.2, 0.25) is 0 Å². The van der Waals surface area contributed by atoms with Gasteiger partial charge in [0, 0.05) is 37.9 Å². The molecule has 12 nitrogen and oxygen atoms in total. The number of rotatable bonds is 5. The molecule has 0 unspecified atom stereocenters. The van der Waals surface area contributed by atoms with E-state index in [0.717, 1.165) is 32.9 Å². The molecular weight excluding hydrogens is 614 g/mol. The summed E-state index contributed by atoms with van der Waals surface area (Å²) in [6.07, 6.45) is 4.90. The van der Waals surface area contributed by atoms with Crippen molar-refractivity contribution >= 4 is 56.0 Å². The number of ether oxygens (including phenoxy) is 2. The van der Waals surface area contributed by atoms with Crippen LogP contribution in [0.5, 0.6) is 11.5 Å². The van der Waals surface area contributed by atoms with Gasteiger partial charge in [0.2, 0.25) is 0 Å². The number of aromatic nitrogens is 6. The first-order valence-corrected chi connectivity index (χ1v) is 14.8. The minimum absolute atomic E-state index is 0.294. The summed E-state index contributed by atoms with van der Waals surface area (Å²) in [5.41, 5.74) is 3.43. The molecule has 1 saturated heterocycles. The monoisotopic (exact) mass is 646 g/mol. The molecule has 1 aliphatic heterocycles. The molecule has 0 bridgehead atoms. The van der Waals surface area contributed by atoms with Crippen LogP contribution in [0.1, 0.15) is 26.3 Å². The van der Waals surface area contributed by atoms with Gasteiger partial charge in [-0.25, -0.2) is 19.7 Å². The van der Waals surface area contributed by atoms with Gasteiger partial charge < -0.3 is 24.6 Å². The van der Waals surface area contributed by atoms with Crippen LogP contribution in [0.4, 0.5) is 22.1 Å². The number of hydrogen-bond donors (Lipinski definition) is 1. The molecular formula is C30H33BrN9O3+. The lowest BCUT2D eigenvalue weighted by molar-refractivity contribution is -0.739. The van der Waals surface area contributed by atoms with E-state index in [1.54, 1.807) is 11.2 Å². The van der Waals surface area contributed by atoms with Crippen molar-refractivity contribution in [1.29, 1.82) is 0 Å². The van der Waals surface area contributed by atoms with Crippen molar-refractivity contribution in [2.24, 2.45) is 7.05 Å². The Bertz CT molecular complexity index is 1830. The highest BCUT2D eigenvalue weighted by atomic mass is 79.9. The Labute approximate surface area is 257 Å². The summed E-state index contributed by atoms with van der Waals surface area (Å²) in [5.74, 6) is 2.82. The Morgan fingerprint density at radius 1 is 1.05 bits per heavy atom. The summed E-state index contributed by atoms with van der Waals surface area (Å²) in [5, 5.41) is 3.41. The molecule has 1 aromatic carbocycles. The fourth-order valence-electron chi connectivity index (χ4n) is 4.88. The van der Waals surface area contributed by atoms with Crippen LogP contribution in [-0.4, -0.2) is 67.2 Å². The fraction of sp³-hybridized carbons (Fsp3) is 0.333. The van der Waals surface area contributed by atoms with Crippen molar-refractivity contribution in [3.63, 3.8) is 0 Å². The van der Waals surface area contributed by atoms with Gasteiger partial charge in [-0.05, 0) is 78.4 Å². The van der Waals surface area contributed by atoms with Gasteiger partial charge in [-0.2, -0.15) is 4.68 Å². The molecule has 0 spiro atoms. The molecule has 4 aromatic heterocycles. The van der Waals surface area contributed by atoms with Gasteiger partial charge >= 0.3 is 12.4 Å². The van der Waals surface area contributed by atoms with Crippen LogP contribution in [0.3, 0.4) is 0 Å². The van der Waals surface area contributed by atoms with E-state index < -0.39 is 5.60 Å². The lowest BCUT2D eigenvalue weighted by Crippen LogP contribution is -2.50. The molecule has 0 radical (unpaired) electrons. The maximum Gasteiger partial charge on any atom is 0.410 e. The van der Waals surface area contributed by atoms with Crippen molar-refractivity contribution in [2.45, 2.75) is 33.3 Å². The zero-order valence-electron chi connectivity index (χ0n) is 24.7. The molecule has 222 valence electrons. The van der Waals surface area contributed by atoms with E-state index in [9.17, 15) is 4.79 Å². The number of pyridine rings is 2. The van der Waals surface area contributed by atoms with Crippen LogP contribution in [0, 0.1) is 6.92 Å². The summed E-state index contributed by atoms with van der Waals surface area (Å²) in [6.45, 7) is 9.95. The van der Waals surface area contributed by atoms with E-state index in [-0.39, 0.29) is 6.09 Å². The van der Waals surface area contributed by atoms with Crippen molar-refractivity contribution in [1.82, 2.24) is 29.4 Å². The van der Waals surface area contributed by atoms with Crippen molar-refractivity contribution in [3.05, 3.63) is 65.3 Å². The first-order chi connectivity index (χ1) is 20.5. The van der Waals surface area contributed by atoms with E-state index in [0.29, 0.717) is 48.8 Å². The topological polar surface area (TPSA) is 114 Å². The quantitative estimate of drug-likeness (QED) is 0.259. The molecule has 43 heavy (non-hydrogen) atoms. The second-order valence-corrected chi connectivity index (χ2v) is 12.3. The predicted molar refractivity (Wildman–Crippen MR) is 166 cm³/mol. The van der Waals surface area contributed by atoms with Gasteiger partial charge in [0.25, 0.3) is 5.65 Å². The summed E-state index contributed by atoms with van der Waals surface area (Å²) < 4.78 is 16.4. The van der Waals surface area contributed by atoms with Gasteiger partial charge in [0.1, 0.15) is 41.8 Å². The highest BCUT2D eigenvalue weighted by Crippen LogP contribution is 2.33. The number of anilines is 3. The number of amides is 1. The Morgan fingerprint density at radius 2 is 1.84 bits per heavy atom. The summed E-state index contributed by atoms with van der Waals surface area (Å²) >= 11 is 3.68. The predicted octanol–water partition coefficient (Wildman–Crippen LogP) is 5.16. The number of aryl methyl sites for hydroxylation is 2. The Hall–Kier alpha value is -4.52. The second-order valence-electron chi connectivity index (χ2n) is 11.4. The van der Waals surface area contributed by atoms with Crippen LogP contribution in [-0.2, 0) is 11.8 Å². The maximum absolute atomic E-state index is 12.5. The molecule has 0 saturated carbocycles. The molecule has 5 heterocycles. The first kappa shape index (κ1) is 28.6. The maximum atomic E-state index is 12.5. The third-order valence-electron chi connectivity index (χ3n) is 7.02. The number of carbonyl (C=O) groups excluding carboxylic acids is 1. The smallest absolute Gasteiger partial charge is 0.410 e. The van der Waals surface area contributed by atoms with E-state index in [1.807, 2.05) is 86.5 Å². The number of fused-ring (bicyclic) bond motifs is 2. The Balaban J connectivity index is 1.19. The highest BCUT2D eigenvalue weighted by molar-refractivity contribution is 9.10. The average molecular weight is 648 g/mol. The van der Waals surface area contributed by atoms with Crippen molar-refractivity contribution < 1.29 is 19.0 Å². The number of hydrogen-bond acceptors (Lipinski definition) is 9. The minimum Gasteiger partial charge on any atom is -0.457 e. The van der Waals surface area contributed by atoms with Gasteiger partial charge in [0.05, 0.1) is 22.3 Å². The molecule has 5 aromatic rings. The zero-order chi connectivity index (χ0) is 30.3. The van der Waals surface area contributed by atoms with Crippen LogP contribution in [0.25, 0.3) is 16.7 Å². The van der Waals surface area contributed by atoms with Crippen molar-refractivity contribution in [3.8, 4) is 11.5 Å². The number of nitrogens with one attached hydrogen (secondary N) is 1. The van der Waals surface area contributed by atoms with Gasteiger partial charge in [-0.1, -0.05) is 0 Å². The first-order valence-electron chi connectivity index (χ1n) is 14.0. The molecule has 1 N–H and O–H groups in total. The number of piperazine rings is 1. The Morgan fingerprint density at radius 3 is 2.58 bits per heavy atom. The molecule has 1 amide bonds. The van der Waals surface area contributed by atoms with E-state index in [2.05, 4.69) is 41.1 Å². The van der Waals surface area contributed by atoms with Crippen LogP contribution in [0.15, 0.2) is 59.7 Å². The highest BCUT2D eigenvalue weighted by Gasteiger charge is 2.27. The molecule has 1 fully saturated rings. The third-order valence-corrected chi connectivity index (χ3v) is 7.61. The zero-order valence-corrected chi connectivity index (χ0v) is 26.3. The number of nitrogens with zero attached hydrogens (tertiary/aromatic N) is 8. The Kier molecular flexibility index (Phi) is 7.50. The number of carbonyl (C=O) groups is 1. The van der Waals surface area contributed by atoms with E-state index in [4.69, 9.17) is 14.5 Å². The van der Waals surface area contributed by atoms with Crippen LogP contribution >= 0.6 is 15.9 Å². The molecule has 6 rings (SSSR count). The van der Waals surface area contributed by atoms with Gasteiger partial charge in [0.15, 0.2) is 5.82 Å². The minimum atomic E-state index is -0.527. The normalized spacial score (nSPS) is 13.9. The lowest BCUT2D eigenvalue weighted by atomic mass is 10.2. The average Bonchev–Trinajstić information content (AvgIpc) is 3.33. The number of benzene rings is 1. The summed E-state index contributed by atoms with van der Waals surface area (Å²) in [4.78, 5) is 34.7. The summed E-state index contributed by atoms with van der Waals surface area (Å²) in [7, 11) is 1.93. The lowest BCUT2D eigenvalue weighted by Gasteiger charge is -2.36. The van der Waals surface area contributed by atoms with E-state index >= 15 is 0 Å². The summed E-state index contributed by atoms with van der Waals surface area (Å²) in [6, 6.07) is 11.6. The van der Waals surface area contributed by atoms with E-state index in [1.165, 1.54) is 6.33 Å². The van der Waals surface area contributed by atoms with Gasteiger partial charge in [-0.15, -0.1) is 4.52 Å². The standard InChI is InChI=1S/C30H33BrN9O3/c1-19-14-20(6-7-24(19)42-21-8-9-40-25(15-21)34-18-37(40)5)35-27-26-23(32-17-33-27)16-22(31)28(36-26)38-10-12-39(13-11-38)29(41)43-30(2,3)4/h6-9,14-18H,10-13H2,1-5H3,(H,32,33,35)/q+1. The number of halogens is 1. The molecule has 13 heteroatoms. The van der Waals surface area contributed by atoms with Crippen molar-refractivity contribution in [2.75, 3.05) is 36.4 Å². The SMILES string of the molecule is Cc1cc(Nc2ncnc3cc(Br)c(N4CCN(C(=O)OC(C)(C)C)CC4)nc23)ccc1Oc1ccn2c(c1)nc[n+]2C. The molecule has 1 aliphatic rings. The van der Waals surface area contributed by atoms with Gasteiger partial charge in [-0.3, -0.25) is 0 Å². The second kappa shape index (κ2) is 11.3. The fourth-order valence-corrected chi connectivity index (χ4v) is 5.44. The largest absolute Gasteiger partial charge is 0.457 e. The molecule has 0 atom stereocenters. The van der Waals surface area contributed by atoms with Crippen LogP contribution < -0.4 is 19.6 Å². The third kappa shape index (κ3) is 6.17. The molecule has 0 aliphatic carbocycles.